The van der Waals surface area contributed by atoms with Gasteiger partial charge in [0, 0.05) is 13.1 Å². The Morgan fingerprint density at radius 3 is 2.53 bits per heavy atom. The number of hydrogen-bond donors (Lipinski definition) is 1. The fourth-order valence-electron chi connectivity index (χ4n) is 2.21. The van der Waals surface area contributed by atoms with Gasteiger partial charge in [-0.05, 0) is 40.5 Å². The van der Waals surface area contributed by atoms with Crippen LogP contribution >= 0.6 is 0 Å². The van der Waals surface area contributed by atoms with Crippen LogP contribution in [0.2, 0.25) is 0 Å². The van der Waals surface area contributed by atoms with Crippen molar-refractivity contribution in [2.24, 2.45) is 0 Å². The van der Waals surface area contributed by atoms with E-state index in [0.717, 1.165) is 18.6 Å². The zero-order valence-corrected chi connectivity index (χ0v) is 12.1. The Hall–Kier alpha value is -1.43. The van der Waals surface area contributed by atoms with E-state index in [2.05, 4.69) is 5.59 Å². The van der Waals surface area contributed by atoms with E-state index >= 15 is 0 Å². The zero-order valence-electron chi connectivity index (χ0n) is 12.1. The largest absolute Gasteiger partial charge is 0.444 e. The van der Waals surface area contributed by atoms with Crippen LogP contribution in [-0.4, -0.2) is 40.7 Å². The third-order valence-electron chi connectivity index (χ3n) is 3.14. The highest BCUT2D eigenvalue weighted by Gasteiger charge is 2.30. The number of amides is 1. The zero-order chi connectivity index (χ0) is 14.0. The van der Waals surface area contributed by atoms with Gasteiger partial charge < -0.3 is 14.5 Å². The average molecular weight is 269 g/mol. The molecule has 0 aliphatic carbocycles. The van der Waals surface area contributed by atoms with Crippen LogP contribution in [0.25, 0.3) is 0 Å². The van der Waals surface area contributed by atoms with Gasteiger partial charge in [-0.2, -0.15) is 0 Å². The predicted molar refractivity (Wildman–Crippen MR) is 70.6 cm³/mol. The van der Waals surface area contributed by atoms with Crippen molar-refractivity contribution in [1.29, 1.82) is 0 Å². The van der Waals surface area contributed by atoms with Crippen LogP contribution in [0, 0.1) is 0 Å². The summed E-state index contributed by atoms with van der Waals surface area (Å²) in [5, 5.41) is 1.97. The van der Waals surface area contributed by atoms with Crippen molar-refractivity contribution in [3.63, 3.8) is 0 Å². The van der Waals surface area contributed by atoms with Crippen molar-refractivity contribution in [3.8, 4) is 0 Å². The van der Waals surface area contributed by atoms with Crippen molar-refractivity contribution < 1.29 is 14.4 Å². The maximum atomic E-state index is 11.9. The minimum Gasteiger partial charge on any atom is -0.444 e. The SMILES string of the molecule is CC1=CN(C2CCN(C(=O)OC(C)(C)C)CC2)NO1. The molecular weight excluding hydrogens is 246 g/mol. The van der Waals surface area contributed by atoms with Crippen molar-refractivity contribution >= 4 is 6.09 Å². The third-order valence-corrected chi connectivity index (χ3v) is 3.14. The first kappa shape index (κ1) is 14.0. The molecule has 0 atom stereocenters. The first-order chi connectivity index (χ1) is 8.85. The van der Waals surface area contributed by atoms with Crippen molar-refractivity contribution in [1.82, 2.24) is 15.5 Å². The molecule has 1 fully saturated rings. The fraction of sp³-hybridized carbons (Fsp3) is 0.769. The van der Waals surface area contributed by atoms with Crippen LogP contribution in [0.4, 0.5) is 4.79 Å². The van der Waals surface area contributed by atoms with Gasteiger partial charge in [0.05, 0.1) is 12.2 Å². The monoisotopic (exact) mass is 269 g/mol. The van der Waals surface area contributed by atoms with E-state index in [1.54, 1.807) is 4.90 Å². The second-order valence-corrected chi connectivity index (χ2v) is 6.04. The highest BCUT2D eigenvalue weighted by Crippen LogP contribution is 2.20. The molecule has 19 heavy (non-hydrogen) atoms. The molecule has 0 bridgehead atoms. The number of nitrogens with one attached hydrogen (secondary N) is 1. The lowest BCUT2D eigenvalue weighted by Crippen LogP contribution is -2.48. The minimum absolute atomic E-state index is 0.219. The Labute approximate surface area is 114 Å². The van der Waals surface area contributed by atoms with E-state index in [9.17, 15) is 4.79 Å². The van der Waals surface area contributed by atoms with Crippen molar-refractivity contribution in [2.45, 2.75) is 52.2 Å². The molecule has 1 saturated heterocycles. The lowest BCUT2D eigenvalue weighted by molar-refractivity contribution is -0.0214. The number of piperidine rings is 1. The molecule has 2 heterocycles. The van der Waals surface area contributed by atoms with E-state index in [4.69, 9.17) is 9.57 Å². The van der Waals surface area contributed by atoms with Crippen LogP contribution in [0.1, 0.15) is 40.5 Å². The van der Waals surface area contributed by atoms with Gasteiger partial charge in [0.1, 0.15) is 11.4 Å². The molecule has 2 aliphatic heterocycles. The highest BCUT2D eigenvalue weighted by molar-refractivity contribution is 5.68. The second-order valence-electron chi connectivity index (χ2n) is 6.04. The third kappa shape index (κ3) is 3.76. The Morgan fingerprint density at radius 1 is 1.42 bits per heavy atom. The Balaban J connectivity index is 1.81. The summed E-state index contributed by atoms with van der Waals surface area (Å²) in [5.74, 6) is 0.856. The number of hydrogen-bond acceptors (Lipinski definition) is 5. The summed E-state index contributed by atoms with van der Waals surface area (Å²) in [6.07, 6.45) is 3.54. The molecule has 6 heteroatoms. The number of ether oxygens (including phenoxy) is 1. The van der Waals surface area contributed by atoms with E-state index in [-0.39, 0.29) is 6.09 Å². The maximum Gasteiger partial charge on any atom is 0.410 e. The molecule has 1 amide bonds. The number of allylic oxidation sites excluding steroid dienone is 1. The van der Waals surface area contributed by atoms with Crippen molar-refractivity contribution in [3.05, 3.63) is 12.0 Å². The molecule has 108 valence electrons. The Kier molecular flexibility index (Phi) is 3.89. The van der Waals surface area contributed by atoms with Crippen LogP contribution in [0.5, 0.6) is 0 Å². The molecule has 2 rings (SSSR count). The summed E-state index contributed by atoms with van der Waals surface area (Å²) < 4.78 is 5.38. The summed E-state index contributed by atoms with van der Waals surface area (Å²) in [6.45, 7) is 8.99. The molecular formula is C13H23N3O3. The van der Waals surface area contributed by atoms with Gasteiger partial charge in [-0.1, -0.05) is 5.59 Å². The molecule has 0 aromatic heterocycles. The smallest absolute Gasteiger partial charge is 0.410 e. The minimum atomic E-state index is -0.432. The normalized spacial score (nSPS) is 21.2. The highest BCUT2D eigenvalue weighted by atomic mass is 16.7. The van der Waals surface area contributed by atoms with Gasteiger partial charge in [-0.3, -0.25) is 5.01 Å². The number of nitrogens with zero attached hydrogens (tertiary/aromatic N) is 2. The molecule has 0 saturated carbocycles. The predicted octanol–water partition coefficient (Wildman–Crippen LogP) is 2.00. The molecule has 0 aromatic rings. The molecule has 2 aliphatic rings. The van der Waals surface area contributed by atoms with Crippen LogP contribution in [-0.2, 0) is 9.57 Å². The van der Waals surface area contributed by atoms with Gasteiger partial charge in [-0.25, -0.2) is 4.79 Å². The van der Waals surface area contributed by atoms with Gasteiger partial charge in [0.2, 0.25) is 0 Å². The second kappa shape index (κ2) is 5.28. The first-order valence-electron chi connectivity index (χ1n) is 6.72. The number of carbonyl (C=O) groups is 1. The quantitative estimate of drug-likeness (QED) is 0.789. The van der Waals surface area contributed by atoms with E-state index in [1.807, 2.05) is 38.9 Å². The molecule has 1 N–H and O–H groups in total. The molecule has 0 spiro atoms. The maximum absolute atomic E-state index is 11.9. The Morgan fingerprint density at radius 2 is 2.05 bits per heavy atom. The van der Waals surface area contributed by atoms with E-state index in [1.165, 1.54) is 0 Å². The summed E-state index contributed by atoms with van der Waals surface area (Å²) in [6, 6.07) is 0.358. The van der Waals surface area contributed by atoms with Crippen LogP contribution < -0.4 is 5.59 Å². The lowest BCUT2D eigenvalue weighted by atomic mass is 10.1. The Bertz CT molecular complexity index is 368. The van der Waals surface area contributed by atoms with Crippen LogP contribution in [0.3, 0.4) is 0 Å². The summed E-state index contributed by atoms with van der Waals surface area (Å²) in [4.78, 5) is 18.9. The summed E-state index contributed by atoms with van der Waals surface area (Å²) >= 11 is 0. The lowest BCUT2D eigenvalue weighted by Gasteiger charge is -2.36. The molecule has 6 nitrogen and oxygen atoms in total. The summed E-state index contributed by atoms with van der Waals surface area (Å²) in [5.41, 5.74) is 2.43. The van der Waals surface area contributed by atoms with Crippen molar-refractivity contribution in [2.75, 3.05) is 13.1 Å². The van der Waals surface area contributed by atoms with E-state index in [0.29, 0.717) is 19.1 Å². The fourth-order valence-corrected chi connectivity index (χ4v) is 2.21. The molecule has 0 unspecified atom stereocenters. The van der Waals surface area contributed by atoms with Gasteiger partial charge in [-0.15, -0.1) is 0 Å². The van der Waals surface area contributed by atoms with Crippen LogP contribution in [0.15, 0.2) is 12.0 Å². The summed E-state index contributed by atoms with van der Waals surface area (Å²) in [7, 11) is 0. The number of carbonyl (C=O) groups excluding carboxylic acids is 1. The topological polar surface area (TPSA) is 54.0 Å². The van der Waals surface area contributed by atoms with E-state index < -0.39 is 5.60 Å². The number of likely N-dealkylation sites (tertiary alicyclic amines) is 1. The standard InChI is InChI=1S/C13H23N3O3/c1-10-9-16(14-19-10)11-5-7-15(8-6-11)12(17)18-13(2,3)4/h9,11,14H,5-8H2,1-4H3. The number of rotatable bonds is 1. The molecule has 0 radical (unpaired) electrons. The number of hydrazine groups is 1. The molecule has 0 aromatic carbocycles. The average Bonchev–Trinajstić information content (AvgIpc) is 2.74. The van der Waals surface area contributed by atoms with Gasteiger partial charge in [0.25, 0.3) is 0 Å². The van der Waals surface area contributed by atoms with Gasteiger partial charge >= 0.3 is 6.09 Å². The van der Waals surface area contributed by atoms with Gasteiger partial charge in [0.15, 0.2) is 0 Å². The first-order valence-corrected chi connectivity index (χ1v) is 6.72.